The van der Waals surface area contributed by atoms with Crippen LogP contribution in [0.1, 0.15) is 19.4 Å². The van der Waals surface area contributed by atoms with Gasteiger partial charge in [0.05, 0.1) is 5.69 Å². The molecule has 0 fully saturated rings. The maximum Gasteiger partial charge on any atom is 0.267 e. The monoisotopic (exact) mass is 399 g/mol. The van der Waals surface area contributed by atoms with E-state index in [0.29, 0.717) is 22.0 Å². The fourth-order valence-electron chi connectivity index (χ4n) is 2.69. The number of hydrogen-bond donors (Lipinski definition) is 1. The first-order valence-corrected chi connectivity index (χ1v) is 9.01. The zero-order valence-electron chi connectivity index (χ0n) is 15.7. The first-order valence-electron chi connectivity index (χ1n) is 8.63. The van der Waals surface area contributed by atoms with Gasteiger partial charge < -0.3 is 5.32 Å². The Morgan fingerprint density at radius 2 is 1.79 bits per heavy atom. The second-order valence-electron chi connectivity index (χ2n) is 6.95. The molecule has 0 saturated heterocycles. The summed E-state index contributed by atoms with van der Waals surface area (Å²) in [6, 6.07) is 13.8. The first-order chi connectivity index (χ1) is 13.2. The number of amides is 1. The fourth-order valence-corrected chi connectivity index (χ4v) is 2.86. The van der Waals surface area contributed by atoms with Gasteiger partial charge in [0.25, 0.3) is 11.5 Å². The van der Waals surface area contributed by atoms with Crippen LogP contribution in [0.2, 0.25) is 5.02 Å². The van der Waals surface area contributed by atoms with Crippen LogP contribution < -0.4 is 10.9 Å². The molecule has 0 spiro atoms. The van der Waals surface area contributed by atoms with Crippen molar-refractivity contribution in [2.45, 2.75) is 26.3 Å². The second-order valence-corrected chi connectivity index (χ2v) is 7.38. The third kappa shape index (κ3) is 3.97. The molecule has 1 aromatic heterocycles. The summed E-state index contributed by atoms with van der Waals surface area (Å²) in [4.78, 5) is 25.4. The third-order valence-corrected chi connectivity index (χ3v) is 4.71. The van der Waals surface area contributed by atoms with Gasteiger partial charge in [-0.25, -0.2) is 9.07 Å². The Hall–Kier alpha value is -2.99. The number of hydrogen-bond acceptors (Lipinski definition) is 3. The Morgan fingerprint density at radius 1 is 1.11 bits per heavy atom. The average molecular weight is 400 g/mol. The molecule has 5 nitrogen and oxygen atoms in total. The lowest BCUT2D eigenvalue weighted by Gasteiger charge is -2.26. The number of aromatic nitrogens is 2. The Labute approximate surface area is 166 Å². The highest BCUT2D eigenvalue weighted by Gasteiger charge is 2.32. The minimum absolute atomic E-state index is 0.367. The predicted octanol–water partition coefficient (Wildman–Crippen LogP) is 4.39. The molecule has 1 heterocycles. The van der Waals surface area contributed by atoms with Crippen molar-refractivity contribution in [3.63, 3.8) is 0 Å². The van der Waals surface area contributed by atoms with E-state index in [1.165, 1.54) is 18.2 Å². The number of aryl methyl sites for hydroxylation is 1. The smallest absolute Gasteiger partial charge is 0.267 e. The Bertz CT molecular complexity index is 1090. The number of halogens is 2. The van der Waals surface area contributed by atoms with Crippen molar-refractivity contribution in [3.8, 4) is 11.3 Å². The topological polar surface area (TPSA) is 64.0 Å². The number of nitrogens with zero attached hydrogens (tertiary/aromatic N) is 2. The SMILES string of the molecule is Cc1ccc(Cl)cc1NC(=O)C(C)(C)n1nc(-c2ccc(F)cc2)ccc1=O. The molecule has 28 heavy (non-hydrogen) atoms. The van der Waals surface area contributed by atoms with Gasteiger partial charge in [-0.1, -0.05) is 17.7 Å². The quantitative estimate of drug-likeness (QED) is 0.707. The normalized spacial score (nSPS) is 11.3. The zero-order valence-corrected chi connectivity index (χ0v) is 16.4. The summed E-state index contributed by atoms with van der Waals surface area (Å²) in [5.41, 5.74) is 0.800. The van der Waals surface area contributed by atoms with E-state index in [1.54, 1.807) is 50.2 Å². The lowest BCUT2D eigenvalue weighted by Crippen LogP contribution is -2.47. The minimum atomic E-state index is -1.28. The summed E-state index contributed by atoms with van der Waals surface area (Å²) < 4.78 is 14.3. The van der Waals surface area contributed by atoms with Gasteiger partial charge in [0, 0.05) is 22.3 Å². The molecule has 3 aromatic rings. The predicted molar refractivity (Wildman–Crippen MR) is 108 cm³/mol. The van der Waals surface area contributed by atoms with Gasteiger partial charge in [0.15, 0.2) is 0 Å². The van der Waals surface area contributed by atoms with Crippen molar-refractivity contribution in [3.05, 3.63) is 81.4 Å². The highest BCUT2D eigenvalue weighted by Crippen LogP contribution is 2.23. The molecule has 0 bridgehead atoms. The molecule has 0 aliphatic rings. The minimum Gasteiger partial charge on any atom is -0.324 e. The van der Waals surface area contributed by atoms with Gasteiger partial charge in [-0.05, 0) is 68.8 Å². The van der Waals surface area contributed by atoms with Gasteiger partial charge in [-0.3, -0.25) is 9.59 Å². The highest BCUT2D eigenvalue weighted by atomic mass is 35.5. The Morgan fingerprint density at radius 3 is 2.46 bits per heavy atom. The highest BCUT2D eigenvalue weighted by molar-refractivity contribution is 6.31. The molecule has 0 aliphatic carbocycles. The van der Waals surface area contributed by atoms with E-state index >= 15 is 0 Å². The van der Waals surface area contributed by atoms with Crippen molar-refractivity contribution in [2.24, 2.45) is 0 Å². The van der Waals surface area contributed by atoms with Crippen molar-refractivity contribution < 1.29 is 9.18 Å². The number of carbonyl (C=O) groups excluding carboxylic acids is 1. The number of carbonyl (C=O) groups is 1. The van der Waals surface area contributed by atoms with E-state index < -0.39 is 17.0 Å². The summed E-state index contributed by atoms with van der Waals surface area (Å²) in [6.45, 7) is 5.05. The standard InChI is InChI=1S/C21H19ClFN3O2/c1-13-4-7-15(22)12-18(13)24-20(28)21(2,3)26-19(27)11-10-17(25-26)14-5-8-16(23)9-6-14/h4-12H,1-3H3,(H,24,28). The van der Waals surface area contributed by atoms with Crippen molar-refractivity contribution in [1.29, 1.82) is 0 Å². The Kier molecular flexibility index (Phi) is 5.34. The van der Waals surface area contributed by atoms with Crippen LogP contribution in [0, 0.1) is 12.7 Å². The molecule has 0 aliphatic heterocycles. The molecule has 0 unspecified atom stereocenters. The van der Waals surface area contributed by atoms with E-state index in [0.717, 1.165) is 10.2 Å². The summed E-state index contributed by atoms with van der Waals surface area (Å²) >= 11 is 6.01. The number of benzene rings is 2. The largest absolute Gasteiger partial charge is 0.324 e. The Balaban J connectivity index is 1.97. The summed E-state index contributed by atoms with van der Waals surface area (Å²) in [5, 5.41) is 7.65. The second kappa shape index (κ2) is 7.56. The van der Waals surface area contributed by atoms with Crippen LogP contribution in [0.3, 0.4) is 0 Å². The first kappa shape index (κ1) is 19.8. The zero-order chi connectivity index (χ0) is 20.5. The van der Waals surface area contributed by atoms with Gasteiger partial charge in [0.1, 0.15) is 11.4 Å². The third-order valence-electron chi connectivity index (χ3n) is 4.47. The molecule has 0 atom stereocenters. The number of anilines is 1. The van der Waals surface area contributed by atoms with Crippen LogP contribution in [-0.4, -0.2) is 15.7 Å². The molecular formula is C21H19ClFN3O2. The van der Waals surface area contributed by atoms with Gasteiger partial charge >= 0.3 is 0 Å². The van der Waals surface area contributed by atoms with E-state index in [9.17, 15) is 14.0 Å². The molecule has 1 amide bonds. The molecule has 1 N–H and O–H groups in total. The molecule has 144 valence electrons. The van der Waals surface area contributed by atoms with Crippen molar-refractivity contribution >= 4 is 23.2 Å². The molecule has 3 rings (SSSR count). The molecule has 0 saturated carbocycles. The summed E-state index contributed by atoms with van der Waals surface area (Å²) in [7, 11) is 0. The number of rotatable bonds is 4. The van der Waals surface area contributed by atoms with Crippen LogP contribution in [0.5, 0.6) is 0 Å². The van der Waals surface area contributed by atoms with Gasteiger partial charge in [-0.15, -0.1) is 0 Å². The maximum atomic E-state index is 13.2. The lowest BCUT2D eigenvalue weighted by atomic mass is 10.0. The molecular weight excluding hydrogens is 381 g/mol. The molecule has 0 radical (unpaired) electrons. The van der Waals surface area contributed by atoms with Crippen LogP contribution >= 0.6 is 11.6 Å². The molecule has 7 heteroatoms. The van der Waals surface area contributed by atoms with E-state index in [-0.39, 0.29) is 5.82 Å². The van der Waals surface area contributed by atoms with E-state index in [2.05, 4.69) is 10.4 Å². The summed E-state index contributed by atoms with van der Waals surface area (Å²) in [6.07, 6.45) is 0. The number of nitrogens with one attached hydrogen (secondary N) is 1. The van der Waals surface area contributed by atoms with Crippen molar-refractivity contribution in [2.75, 3.05) is 5.32 Å². The van der Waals surface area contributed by atoms with Crippen LogP contribution in [0.25, 0.3) is 11.3 Å². The van der Waals surface area contributed by atoms with Gasteiger partial charge in [0.2, 0.25) is 0 Å². The fraction of sp³-hybridized carbons (Fsp3) is 0.190. The van der Waals surface area contributed by atoms with Gasteiger partial charge in [-0.2, -0.15) is 5.10 Å². The van der Waals surface area contributed by atoms with E-state index in [1.807, 2.05) is 6.92 Å². The van der Waals surface area contributed by atoms with Crippen LogP contribution in [-0.2, 0) is 10.3 Å². The summed E-state index contributed by atoms with van der Waals surface area (Å²) in [5.74, 6) is -0.780. The average Bonchev–Trinajstić information content (AvgIpc) is 2.65. The lowest BCUT2D eigenvalue weighted by molar-refractivity contribution is -0.123. The molecule has 2 aromatic carbocycles. The van der Waals surface area contributed by atoms with Crippen LogP contribution in [0.4, 0.5) is 10.1 Å². The van der Waals surface area contributed by atoms with Crippen LogP contribution in [0.15, 0.2) is 59.4 Å². The van der Waals surface area contributed by atoms with E-state index in [4.69, 9.17) is 11.6 Å². The maximum absolute atomic E-state index is 13.2. The van der Waals surface area contributed by atoms with Crippen molar-refractivity contribution in [1.82, 2.24) is 9.78 Å².